The quantitative estimate of drug-likeness (QED) is 0.429. The van der Waals surface area contributed by atoms with Crippen molar-refractivity contribution < 1.29 is 19.1 Å². The summed E-state index contributed by atoms with van der Waals surface area (Å²) in [7, 11) is 0. The third-order valence-corrected chi connectivity index (χ3v) is 4.09. The van der Waals surface area contributed by atoms with Gasteiger partial charge in [-0.25, -0.2) is 4.79 Å². The van der Waals surface area contributed by atoms with Crippen LogP contribution >= 0.6 is 23.2 Å². The van der Waals surface area contributed by atoms with Crippen LogP contribution in [0.5, 0.6) is 17.2 Å². The van der Waals surface area contributed by atoms with E-state index in [4.69, 9.17) is 32.4 Å². The van der Waals surface area contributed by atoms with E-state index in [1.165, 1.54) is 25.1 Å². The standard InChI is InChI=1S/C21H14Cl2O5/c1-12-7-19(25)20(21(26)27-12)18(24)6-5-13-3-2-4-16(8-13)28-17-10-14(22)9-15(23)11-17/h2-11,25H,1H3. The third kappa shape index (κ3) is 4.82. The van der Waals surface area contributed by atoms with E-state index in [9.17, 15) is 14.7 Å². The highest BCUT2D eigenvalue weighted by Crippen LogP contribution is 2.29. The Hall–Kier alpha value is -3.02. The van der Waals surface area contributed by atoms with Gasteiger partial charge in [-0.1, -0.05) is 41.4 Å². The summed E-state index contributed by atoms with van der Waals surface area (Å²) in [6.45, 7) is 1.50. The summed E-state index contributed by atoms with van der Waals surface area (Å²) in [6.07, 6.45) is 2.68. The molecule has 1 heterocycles. The minimum absolute atomic E-state index is 0.217. The molecule has 0 bridgehead atoms. The predicted octanol–water partition coefficient (Wildman–Crippen LogP) is 5.65. The number of aromatic hydroxyl groups is 1. The molecule has 0 aliphatic carbocycles. The van der Waals surface area contributed by atoms with E-state index in [0.717, 1.165) is 0 Å². The Morgan fingerprint density at radius 1 is 1.07 bits per heavy atom. The molecule has 7 heteroatoms. The van der Waals surface area contributed by atoms with Crippen LogP contribution in [-0.2, 0) is 0 Å². The molecule has 0 unspecified atom stereocenters. The van der Waals surface area contributed by atoms with Crippen LogP contribution in [0.2, 0.25) is 10.0 Å². The van der Waals surface area contributed by atoms with Crippen LogP contribution in [0.1, 0.15) is 21.7 Å². The first-order valence-corrected chi connectivity index (χ1v) is 8.87. The van der Waals surface area contributed by atoms with Gasteiger partial charge in [0.15, 0.2) is 5.78 Å². The number of hydrogen-bond donors (Lipinski definition) is 1. The largest absolute Gasteiger partial charge is 0.507 e. The fourth-order valence-corrected chi connectivity index (χ4v) is 2.99. The Kier molecular flexibility index (Phi) is 5.87. The fraction of sp³-hybridized carbons (Fsp3) is 0.0476. The summed E-state index contributed by atoms with van der Waals surface area (Å²) in [6, 6.07) is 13.0. The van der Waals surface area contributed by atoms with Crippen molar-refractivity contribution in [2.45, 2.75) is 6.92 Å². The molecular formula is C21H14Cl2O5. The van der Waals surface area contributed by atoms with Gasteiger partial charge in [-0.2, -0.15) is 0 Å². The maximum atomic E-state index is 12.3. The van der Waals surface area contributed by atoms with E-state index in [0.29, 0.717) is 27.1 Å². The number of aryl methyl sites for hydroxylation is 1. The van der Waals surface area contributed by atoms with Crippen LogP contribution in [0, 0.1) is 6.92 Å². The number of ketones is 1. The van der Waals surface area contributed by atoms with Gasteiger partial charge < -0.3 is 14.3 Å². The molecular weight excluding hydrogens is 403 g/mol. The number of rotatable bonds is 5. The number of ether oxygens (including phenoxy) is 1. The van der Waals surface area contributed by atoms with Crippen molar-refractivity contribution in [2.24, 2.45) is 0 Å². The van der Waals surface area contributed by atoms with E-state index in [1.807, 2.05) is 0 Å². The Balaban J connectivity index is 1.81. The van der Waals surface area contributed by atoms with Crippen LogP contribution in [0.3, 0.4) is 0 Å². The molecule has 0 atom stereocenters. The highest BCUT2D eigenvalue weighted by atomic mass is 35.5. The molecule has 0 aliphatic heterocycles. The molecule has 142 valence electrons. The van der Waals surface area contributed by atoms with Gasteiger partial charge in [0.25, 0.3) is 0 Å². The lowest BCUT2D eigenvalue weighted by molar-refractivity contribution is 0.104. The molecule has 1 N–H and O–H groups in total. The van der Waals surface area contributed by atoms with E-state index in [2.05, 4.69) is 0 Å². The Bertz CT molecular complexity index is 1110. The number of allylic oxidation sites excluding steroid dienone is 1. The molecule has 0 saturated heterocycles. The van der Waals surface area contributed by atoms with Crippen LogP contribution in [0.25, 0.3) is 6.08 Å². The van der Waals surface area contributed by atoms with Gasteiger partial charge >= 0.3 is 5.63 Å². The minimum Gasteiger partial charge on any atom is -0.507 e. The van der Waals surface area contributed by atoms with E-state index in [1.54, 1.807) is 42.5 Å². The summed E-state index contributed by atoms with van der Waals surface area (Å²) >= 11 is 11.9. The van der Waals surface area contributed by atoms with Gasteiger partial charge in [0, 0.05) is 16.1 Å². The lowest BCUT2D eigenvalue weighted by Gasteiger charge is -2.07. The van der Waals surface area contributed by atoms with Crippen LogP contribution in [-0.4, -0.2) is 10.9 Å². The van der Waals surface area contributed by atoms with Crippen molar-refractivity contribution >= 4 is 35.1 Å². The normalized spacial score (nSPS) is 11.0. The molecule has 28 heavy (non-hydrogen) atoms. The summed E-state index contributed by atoms with van der Waals surface area (Å²) in [4.78, 5) is 24.1. The molecule has 3 rings (SSSR count). The van der Waals surface area contributed by atoms with Gasteiger partial charge in [-0.3, -0.25) is 4.79 Å². The smallest absolute Gasteiger partial charge is 0.351 e. The first-order valence-electron chi connectivity index (χ1n) is 8.12. The van der Waals surface area contributed by atoms with E-state index < -0.39 is 22.7 Å². The monoisotopic (exact) mass is 416 g/mol. The maximum Gasteiger partial charge on any atom is 0.351 e. The molecule has 0 radical (unpaired) electrons. The summed E-state index contributed by atoms with van der Waals surface area (Å²) in [5.41, 5.74) is -0.653. The second-order valence-corrected chi connectivity index (χ2v) is 6.75. The third-order valence-electron chi connectivity index (χ3n) is 3.66. The fourth-order valence-electron chi connectivity index (χ4n) is 2.48. The Morgan fingerprint density at radius 3 is 2.46 bits per heavy atom. The number of hydrogen-bond acceptors (Lipinski definition) is 5. The zero-order chi connectivity index (χ0) is 20.3. The first-order chi connectivity index (χ1) is 13.3. The highest BCUT2D eigenvalue weighted by molar-refractivity contribution is 6.34. The lowest BCUT2D eigenvalue weighted by atomic mass is 10.1. The van der Waals surface area contributed by atoms with Crippen molar-refractivity contribution in [3.8, 4) is 17.2 Å². The number of carbonyl (C=O) groups excluding carboxylic acids is 1. The van der Waals surface area contributed by atoms with Crippen molar-refractivity contribution in [1.82, 2.24) is 0 Å². The van der Waals surface area contributed by atoms with E-state index in [-0.39, 0.29) is 5.76 Å². The van der Waals surface area contributed by atoms with Crippen molar-refractivity contribution in [3.63, 3.8) is 0 Å². The van der Waals surface area contributed by atoms with Crippen LogP contribution < -0.4 is 10.4 Å². The van der Waals surface area contributed by atoms with E-state index >= 15 is 0 Å². The minimum atomic E-state index is -0.887. The van der Waals surface area contributed by atoms with Crippen molar-refractivity contribution in [3.05, 3.63) is 92.0 Å². The molecule has 0 aliphatic rings. The average Bonchev–Trinajstić information content (AvgIpc) is 2.58. The van der Waals surface area contributed by atoms with Crippen molar-refractivity contribution in [1.29, 1.82) is 0 Å². The molecule has 0 amide bonds. The van der Waals surface area contributed by atoms with Gasteiger partial charge in [0.05, 0.1) is 0 Å². The molecule has 0 spiro atoms. The van der Waals surface area contributed by atoms with Crippen molar-refractivity contribution in [2.75, 3.05) is 0 Å². The topological polar surface area (TPSA) is 76.7 Å². The number of carbonyl (C=O) groups is 1. The number of benzene rings is 2. The van der Waals surface area contributed by atoms with Gasteiger partial charge in [0.2, 0.25) is 0 Å². The molecule has 0 saturated carbocycles. The summed E-state index contributed by atoms with van der Waals surface area (Å²) in [5.74, 6) is 0.106. The van der Waals surface area contributed by atoms with Gasteiger partial charge in [0.1, 0.15) is 28.6 Å². The SMILES string of the molecule is Cc1cc(O)c(C(=O)C=Cc2cccc(Oc3cc(Cl)cc(Cl)c3)c2)c(=O)o1. The maximum absolute atomic E-state index is 12.3. The zero-order valence-corrected chi connectivity index (χ0v) is 16.1. The number of halogens is 2. The molecule has 1 aromatic heterocycles. The molecule has 2 aromatic carbocycles. The zero-order valence-electron chi connectivity index (χ0n) is 14.6. The second kappa shape index (κ2) is 8.33. The summed E-state index contributed by atoms with van der Waals surface area (Å²) < 4.78 is 10.6. The van der Waals surface area contributed by atoms with Gasteiger partial charge in [-0.15, -0.1) is 0 Å². The first kappa shape index (κ1) is 19.7. The van der Waals surface area contributed by atoms with Crippen LogP contribution in [0.15, 0.2) is 63.8 Å². The second-order valence-electron chi connectivity index (χ2n) is 5.88. The van der Waals surface area contributed by atoms with Crippen LogP contribution in [0.4, 0.5) is 0 Å². The lowest BCUT2D eigenvalue weighted by Crippen LogP contribution is -2.12. The molecule has 0 fully saturated rings. The summed E-state index contributed by atoms with van der Waals surface area (Å²) in [5, 5.41) is 10.7. The Labute approximate surface area is 170 Å². The van der Waals surface area contributed by atoms with Gasteiger partial charge in [-0.05, 0) is 48.9 Å². The predicted molar refractivity (Wildman–Crippen MR) is 108 cm³/mol. The molecule has 3 aromatic rings. The highest BCUT2D eigenvalue weighted by Gasteiger charge is 2.15. The average molecular weight is 417 g/mol. The molecule has 5 nitrogen and oxygen atoms in total. The Morgan fingerprint density at radius 2 is 1.79 bits per heavy atom.